The number of likely N-dealkylation sites (tertiary alicyclic amines) is 1. The molecule has 0 bridgehead atoms. The van der Waals surface area contributed by atoms with Gasteiger partial charge in [0.2, 0.25) is 41.4 Å². The molecule has 56 heavy (non-hydrogen) atoms. The first-order valence-corrected chi connectivity index (χ1v) is 17.6. The number of nitrogens with zero attached hydrogens (tertiary/aromatic N) is 1. The van der Waals surface area contributed by atoms with Crippen LogP contribution in [0.25, 0.3) is 0 Å². The summed E-state index contributed by atoms with van der Waals surface area (Å²) in [5, 5.41) is 53.0. The summed E-state index contributed by atoms with van der Waals surface area (Å²) in [6, 6.07) is -10.2. The number of primary amides is 1. The molecule has 0 aromatic carbocycles. The minimum atomic E-state index is -1.83. The van der Waals surface area contributed by atoms with E-state index in [-0.39, 0.29) is 38.3 Å². The second-order valence-electron chi connectivity index (χ2n) is 13.3. The smallest absolute Gasteiger partial charge is 0.326 e. The molecule has 1 saturated heterocycles. The molecule has 8 atom stereocenters. The van der Waals surface area contributed by atoms with Crippen LogP contribution in [0.1, 0.15) is 59.8 Å². The van der Waals surface area contributed by atoms with Crippen LogP contribution in [-0.2, 0) is 43.2 Å². The zero-order valence-electron chi connectivity index (χ0n) is 31.5. The van der Waals surface area contributed by atoms with Crippen LogP contribution in [0.5, 0.6) is 0 Å². The molecule has 1 rings (SSSR count). The second kappa shape index (κ2) is 23.0. The van der Waals surface area contributed by atoms with Gasteiger partial charge in [-0.2, -0.15) is 0 Å². The molecule has 1 heterocycles. The Morgan fingerprint density at radius 1 is 0.821 bits per heavy atom. The summed E-state index contributed by atoms with van der Waals surface area (Å²) in [6.45, 7) is 4.95. The van der Waals surface area contributed by atoms with Gasteiger partial charge in [0, 0.05) is 13.1 Å². The fourth-order valence-corrected chi connectivity index (χ4v) is 5.49. The molecule has 8 amide bonds. The molecule has 0 aromatic rings. The van der Waals surface area contributed by atoms with E-state index in [2.05, 4.69) is 31.9 Å². The van der Waals surface area contributed by atoms with E-state index in [4.69, 9.17) is 23.3 Å². The number of carboxylic acids is 1. The molecule has 0 spiro atoms. The fourth-order valence-electron chi connectivity index (χ4n) is 5.49. The van der Waals surface area contributed by atoms with Gasteiger partial charge >= 0.3 is 5.97 Å². The lowest BCUT2D eigenvalue weighted by atomic mass is 10.0. The molecule has 0 radical (unpaired) electrons. The average molecular weight is 796 g/mol. The van der Waals surface area contributed by atoms with E-state index < -0.39 is 121 Å². The van der Waals surface area contributed by atoms with Crippen molar-refractivity contribution < 1.29 is 58.5 Å². The first-order chi connectivity index (χ1) is 26.1. The number of rotatable bonds is 22. The van der Waals surface area contributed by atoms with Crippen molar-refractivity contribution in [1.82, 2.24) is 42.1 Å². The summed E-state index contributed by atoms with van der Waals surface area (Å²) in [5.74, 6) is -8.45. The van der Waals surface area contributed by atoms with E-state index in [0.29, 0.717) is 6.42 Å². The van der Waals surface area contributed by atoms with Gasteiger partial charge in [0.1, 0.15) is 42.3 Å². The van der Waals surface area contributed by atoms with Crippen molar-refractivity contribution in [2.75, 3.05) is 19.7 Å². The monoisotopic (exact) mass is 795 g/mol. The Morgan fingerprint density at radius 2 is 1.38 bits per heavy atom. The molecule has 1 aliphatic rings. The SMILES string of the molecule is C#CC(=O)N[C@@H](CO)C(=O)N[C@@H](CC(N)=O)C(=O)N[C@H](C(=O)N[C@@H](CCCNC(=N)N)C(=O)N[C@H](C(=O)N[C@@H](C)C(=O)N1CCC[C@H]1C(=O)O)C(C)C)[C@@H](C)O. The van der Waals surface area contributed by atoms with Crippen LogP contribution in [0.3, 0.4) is 0 Å². The quantitative estimate of drug-likeness (QED) is 0.0210. The van der Waals surface area contributed by atoms with Gasteiger partial charge in [0.25, 0.3) is 5.91 Å². The number of amides is 8. The minimum absolute atomic E-state index is 0.0677. The van der Waals surface area contributed by atoms with Crippen molar-refractivity contribution in [3.8, 4) is 12.3 Å². The van der Waals surface area contributed by atoms with Gasteiger partial charge in [0.15, 0.2) is 5.96 Å². The molecule has 0 saturated carbocycles. The van der Waals surface area contributed by atoms with Crippen LogP contribution >= 0.6 is 0 Å². The maximum atomic E-state index is 13.7. The molecule has 1 aliphatic heterocycles. The normalized spacial score (nSPS) is 17.2. The standard InChI is InChI=1S/C33H53N11O12/c1-6-23(48)39-20(14-45)28(51)41-19(13-22(34)47)27(50)43-25(17(5)46)30(53)40-18(9-7-11-37-33(35)36)26(49)42-24(15(2)3)29(52)38-16(4)31(54)44-12-8-10-21(44)32(55)56/h1,15-21,24-25,45-46H,7-14H2,2-5H3,(H2,34,47)(H,38,52)(H,39,48)(H,40,53)(H,41,51)(H,42,49)(H,43,50)(H,55,56)(H4,35,36,37)/t16-,17+,18-,19-,20-,21-,24-,25-/m0/s1. The number of hydrogen-bond acceptors (Lipinski definition) is 12. The second-order valence-corrected chi connectivity index (χ2v) is 13.3. The summed E-state index contributed by atoms with van der Waals surface area (Å²) in [5.41, 5.74) is 10.6. The van der Waals surface area contributed by atoms with Crippen LogP contribution < -0.4 is 48.7 Å². The molecule has 23 heteroatoms. The number of terminal acetylenes is 1. The van der Waals surface area contributed by atoms with E-state index in [0.717, 1.165) is 11.8 Å². The Bertz CT molecular complexity index is 1530. The maximum absolute atomic E-state index is 13.7. The molecule has 0 unspecified atom stereocenters. The molecule has 0 aromatic heterocycles. The van der Waals surface area contributed by atoms with Crippen molar-refractivity contribution in [1.29, 1.82) is 5.41 Å². The molecule has 0 aliphatic carbocycles. The van der Waals surface area contributed by atoms with Crippen molar-refractivity contribution in [2.24, 2.45) is 17.4 Å². The number of carboxylic acid groups (broad SMARTS) is 1. The summed E-state index contributed by atoms with van der Waals surface area (Å²) in [6.07, 6.45) is 3.17. The predicted molar refractivity (Wildman–Crippen MR) is 195 cm³/mol. The van der Waals surface area contributed by atoms with Crippen LogP contribution in [-0.4, -0.2) is 147 Å². The molecular weight excluding hydrogens is 742 g/mol. The highest BCUT2D eigenvalue weighted by molar-refractivity contribution is 6.00. The minimum Gasteiger partial charge on any atom is -0.480 e. The lowest BCUT2D eigenvalue weighted by Gasteiger charge is -2.29. The van der Waals surface area contributed by atoms with E-state index in [1.807, 2.05) is 5.32 Å². The van der Waals surface area contributed by atoms with Crippen LogP contribution in [0.15, 0.2) is 0 Å². The van der Waals surface area contributed by atoms with Gasteiger partial charge in [-0.3, -0.25) is 43.8 Å². The number of nitrogens with two attached hydrogens (primary N) is 2. The van der Waals surface area contributed by atoms with Crippen molar-refractivity contribution in [3.05, 3.63) is 0 Å². The van der Waals surface area contributed by atoms with Crippen molar-refractivity contribution >= 4 is 59.2 Å². The number of nitrogens with one attached hydrogen (secondary N) is 8. The van der Waals surface area contributed by atoms with Gasteiger partial charge in [-0.05, 0) is 51.4 Å². The van der Waals surface area contributed by atoms with Gasteiger partial charge < -0.3 is 68.9 Å². The third-order valence-electron chi connectivity index (χ3n) is 8.45. The van der Waals surface area contributed by atoms with Crippen LogP contribution in [0.4, 0.5) is 0 Å². The number of aliphatic hydroxyl groups is 2. The Morgan fingerprint density at radius 3 is 1.89 bits per heavy atom. The number of carbonyl (C=O) groups excluding carboxylic acids is 8. The average Bonchev–Trinajstić information content (AvgIpc) is 3.61. The molecule has 312 valence electrons. The highest BCUT2D eigenvalue weighted by Gasteiger charge is 2.38. The van der Waals surface area contributed by atoms with E-state index in [1.165, 1.54) is 6.92 Å². The van der Waals surface area contributed by atoms with Gasteiger partial charge in [-0.1, -0.05) is 13.8 Å². The summed E-state index contributed by atoms with van der Waals surface area (Å²) >= 11 is 0. The first kappa shape index (κ1) is 48.0. The number of guanidine groups is 1. The molecule has 1 fully saturated rings. The van der Waals surface area contributed by atoms with Crippen LogP contribution in [0.2, 0.25) is 0 Å². The zero-order valence-corrected chi connectivity index (χ0v) is 31.5. The summed E-state index contributed by atoms with van der Waals surface area (Å²) in [4.78, 5) is 116. The van der Waals surface area contributed by atoms with Gasteiger partial charge in [-0.25, -0.2) is 4.79 Å². The van der Waals surface area contributed by atoms with E-state index in [9.17, 15) is 58.5 Å². The van der Waals surface area contributed by atoms with E-state index >= 15 is 0 Å². The summed E-state index contributed by atoms with van der Waals surface area (Å²) < 4.78 is 0. The summed E-state index contributed by atoms with van der Waals surface area (Å²) in [7, 11) is 0. The lowest BCUT2D eigenvalue weighted by Crippen LogP contribution is -2.62. The first-order valence-electron chi connectivity index (χ1n) is 17.6. The number of aliphatic carboxylic acids is 1. The number of hydrogen-bond donors (Lipinski definition) is 13. The predicted octanol–water partition coefficient (Wildman–Crippen LogP) is -6.21. The molecular formula is C33H53N11O12. The third-order valence-corrected chi connectivity index (χ3v) is 8.45. The Hall–Kier alpha value is -6.02. The largest absolute Gasteiger partial charge is 0.480 e. The topological polar surface area (TPSA) is 378 Å². The van der Waals surface area contributed by atoms with Crippen molar-refractivity contribution in [2.45, 2.75) is 108 Å². The maximum Gasteiger partial charge on any atom is 0.326 e. The van der Waals surface area contributed by atoms with Gasteiger partial charge in [0.05, 0.1) is 19.1 Å². The number of aliphatic hydroxyl groups excluding tert-OH is 2. The molecule has 15 N–H and O–H groups in total. The Kier molecular flexibility index (Phi) is 19.7. The van der Waals surface area contributed by atoms with Crippen LogP contribution in [0, 0.1) is 23.7 Å². The number of carbonyl (C=O) groups is 9. The highest BCUT2D eigenvalue weighted by atomic mass is 16.4. The van der Waals surface area contributed by atoms with Gasteiger partial charge in [-0.15, -0.1) is 6.42 Å². The lowest BCUT2D eigenvalue weighted by molar-refractivity contribution is -0.149. The molecule has 23 nitrogen and oxygen atoms in total. The Labute approximate surface area is 322 Å². The fraction of sp³-hybridized carbons (Fsp3) is 0.636. The van der Waals surface area contributed by atoms with Crippen molar-refractivity contribution in [3.63, 3.8) is 0 Å². The van der Waals surface area contributed by atoms with E-state index in [1.54, 1.807) is 19.8 Å². The highest BCUT2D eigenvalue weighted by Crippen LogP contribution is 2.18. The zero-order chi connectivity index (χ0) is 42.9. The third kappa shape index (κ3) is 15.4. The Balaban J connectivity index is 3.25.